The van der Waals surface area contributed by atoms with E-state index < -0.39 is 5.41 Å². The topological polar surface area (TPSA) is 21.3 Å². The molecule has 2 aromatic heterocycles. The van der Waals surface area contributed by atoms with Gasteiger partial charge in [-0.1, -0.05) is 231 Å². The van der Waals surface area contributed by atoms with Gasteiger partial charge in [-0.2, -0.15) is 0 Å². The number of furan rings is 1. The molecule has 12 aromatic carbocycles. The Bertz CT molecular complexity index is 4650. The van der Waals surface area contributed by atoms with E-state index in [1.807, 2.05) is 6.07 Å². The second-order valence-electron chi connectivity index (χ2n) is 20.2. The minimum absolute atomic E-state index is 0.580. The van der Waals surface area contributed by atoms with Crippen LogP contribution in [0.1, 0.15) is 22.3 Å². The van der Waals surface area contributed by atoms with E-state index in [9.17, 15) is 0 Å². The first-order chi connectivity index (χ1) is 37.7. The Labute approximate surface area is 440 Å². The van der Waals surface area contributed by atoms with E-state index in [2.05, 4.69) is 282 Å². The summed E-state index contributed by atoms with van der Waals surface area (Å²) in [7, 11) is 0. The van der Waals surface area contributed by atoms with Crippen molar-refractivity contribution in [3.8, 4) is 61.3 Å². The Hall–Kier alpha value is -9.96. The van der Waals surface area contributed by atoms with Crippen molar-refractivity contribution in [2.45, 2.75) is 5.41 Å². The van der Waals surface area contributed by atoms with Gasteiger partial charge in [0, 0.05) is 43.9 Å². The Morgan fingerprint density at radius 1 is 0.316 bits per heavy atom. The molecule has 0 amide bonds. The Kier molecular flexibility index (Phi) is 9.25. The molecule has 0 saturated heterocycles. The molecule has 3 heteroatoms. The zero-order chi connectivity index (χ0) is 49.9. The fourth-order valence-electron chi connectivity index (χ4n) is 13.3. The Balaban J connectivity index is 0.927. The number of para-hydroxylation sites is 7. The molecule has 0 radical (unpaired) electrons. The quantitative estimate of drug-likeness (QED) is 0.159. The van der Waals surface area contributed by atoms with E-state index in [1.165, 1.54) is 77.6 Å². The van der Waals surface area contributed by atoms with Gasteiger partial charge in [0.15, 0.2) is 0 Å². The van der Waals surface area contributed by atoms with Crippen molar-refractivity contribution in [3.63, 3.8) is 0 Å². The minimum Gasteiger partial charge on any atom is -0.455 e. The smallest absolute Gasteiger partial charge is 0.143 e. The van der Waals surface area contributed by atoms with Gasteiger partial charge < -0.3 is 13.9 Å². The van der Waals surface area contributed by atoms with Crippen LogP contribution in [0.15, 0.2) is 283 Å². The molecule has 14 aromatic rings. The molecule has 1 aliphatic heterocycles. The number of hydrogen-bond donors (Lipinski definition) is 0. The van der Waals surface area contributed by atoms with Crippen molar-refractivity contribution in [3.05, 3.63) is 301 Å². The normalized spacial score (nSPS) is 14.1. The van der Waals surface area contributed by atoms with Crippen molar-refractivity contribution in [1.82, 2.24) is 4.57 Å². The molecule has 3 nitrogen and oxygen atoms in total. The first kappa shape index (κ1) is 42.5. The second-order valence-corrected chi connectivity index (χ2v) is 20.2. The van der Waals surface area contributed by atoms with Crippen LogP contribution in [0.2, 0.25) is 0 Å². The first-order valence-corrected chi connectivity index (χ1v) is 26.2. The highest BCUT2D eigenvalue weighted by atomic mass is 16.3. The second kappa shape index (κ2) is 16.5. The summed E-state index contributed by atoms with van der Waals surface area (Å²) in [6.45, 7) is 0. The Morgan fingerprint density at radius 3 is 1.71 bits per heavy atom. The fourth-order valence-corrected chi connectivity index (χ4v) is 13.3. The number of nitrogens with zero attached hydrogens (tertiary/aromatic N) is 2. The molecule has 0 fully saturated rings. The lowest BCUT2D eigenvalue weighted by molar-refractivity contribution is 0.670. The summed E-state index contributed by atoms with van der Waals surface area (Å²) in [6, 6.07) is 103. The maximum Gasteiger partial charge on any atom is 0.143 e. The number of fused-ring (bicyclic) bond motifs is 15. The van der Waals surface area contributed by atoms with Crippen LogP contribution in [-0.2, 0) is 5.41 Å². The number of aromatic nitrogens is 1. The lowest BCUT2D eigenvalue weighted by Gasteiger charge is -2.39. The predicted molar refractivity (Wildman–Crippen MR) is 315 cm³/mol. The Morgan fingerprint density at radius 2 is 0.868 bits per heavy atom. The average Bonchev–Trinajstić information content (AvgIpc) is 4.21. The summed E-state index contributed by atoms with van der Waals surface area (Å²) < 4.78 is 9.10. The maximum absolute atomic E-state index is 6.58. The molecular weight excluding hydrogens is 921 g/mol. The van der Waals surface area contributed by atoms with E-state index in [4.69, 9.17) is 4.42 Å². The third-order valence-electron chi connectivity index (χ3n) is 16.4. The van der Waals surface area contributed by atoms with Crippen molar-refractivity contribution < 1.29 is 4.42 Å². The van der Waals surface area contributed by atoms with Crippen LogP contribution >= 0.6 is 0 Å². The van der Waals surface area contributed by atoms with E-state index >= 15 is 0 Å². The number of rotatable bonds is 7. The van der Waals surface area contributed by atoms with E-state index in [0.29, 0.717) is 0 Å². The lowest BCUT2D eigenvalue weighted by Crippen LogP contribution is -2.33. The molecule has 1 atom stereocenters. The van der Waals surface area contributed by atoms with Crippen LogP contribution < -0.4 is 4.90 Å². The van der Waals surface area contributed by atoms with Gasteiger partial charge >= 0.3 is 0 Å². The van der Waals surface area contributed by atoms with Crippen molar-refractivity contribution in [1.29, 1.82) is 0 Å². The zero-order valence-electron chi connectivity index (χ0n) is 41.4. The zero-order valence-corrected chi connectivity index (χ0v) is 41.4. The van der Waals surface area contributed by atoms with E-state index in [-0.39, 0.29) is 0 Å². The molecule has 0 saturated carbocycles. The summed E-state index contributed by atoms with van der Waals surface area (Å²) in [4.78, 5) is 2.48. The average molecular weight is 967 g/mol. The third kappa shape index (κ3) is 5.99. The SMILES string of the molecule is c1ccc(-c2ccccc2-c2ccccc2N(c2ccc(-c3cccc4c3oc3ccccc34)cc2)c2ccccc2-c2ccc3c(c2)C2(c4ccccc4-3)c3ccccc3-n3c4ccccc4c4cccc2c43)cc1. The lowest BCUT2D eigenvalue weighted by atomic mass is 9.65. The molecule has 3 heterocycles. The predicted octanol–water partition coefficient (Wildman–Crippen LogP) is 19.5. The van der Waals surface area contributed by atoms with Gasteiger partial charge in [-0.3, -0.25) is 0 Å². The third-order valence-corrected chi connectivity index (χ3v) is 16.4. The molecule has 2 aliphatic rings. The highest BCUT2D eigenvalue weighted by Gasteiger charge is 2.51. The van der Waals surface area contributed by atoms with Crippen LogP contribution in [0, 0.1) is 0 Å². The van der Waals surface area contributed by atoms with Gasteiger partial charge in [-0.15, -0.1) is 0 Å². The monoisotopic (exact) mass is 966 g/mol. The van der Waals surface area contributed by atoms with Crippen molar-refractivity contribution >= 4 is 60.8 Å². The minimum atomic E-state index is -0.580. The maximum atomic E-state index is 6.58. The van der Waals surface area contributed by atoms with Gasteiger partial charge in [-0.05, 0) is 110 Å². The summed E-state index contributed by atoms with van der Waals surface area (Å²) in [5, 5.41) is 4.79. The molecule has 1 spiro atoms. The molecular formula is C73H46N2O. The molecule has 0 bridgehead atoms. The van der Waals surface area contributed by atoms with Crippen molar-refractivity contribution in [2.24, 2.45) is 0 Å². The summed E-state index contributed by atoms with van der Waals surface area (Å²) in [5.74, 6) is 0. The molecule has 76 heavy (non-hydrogen) atoms. The number of benzene rings is 12. The molecule has 1 aliphatic carbocycles. The van der Waals surface area contributed by atoms with E-state index in [0.717, 1.165) is 66.8 Å². The van der Waals surface area contributed by atoms with Gasteiger partial charge in [-0.25, -0.2) is 0 Å². The van der Waals surface area contributed by atoms with E-state index in [1.54, 1.807) is 0 Å². The standard InChI is InChI=1S/C73H46N2O/c1-2-20-47(21-3-1)51-22-4-5-24-54(51)57-26-8-14-36-67(57)74(50-43-40-48(41-44-50)53-29-18-31-61-59-28-10-17-39-70(59)76-72(53)61)66-35-13-7-23-52(66)49-42-45-56-55-25-6-11-32-62(55)73(65(56)46-49)63-33-12-16-38-69(63)75-68-37-15-9-27-58(68)60-30-19-34-64(73)71(60)75/h1-46H. The summed E-state index contributed by atoms with van der Waals surface area (Å²) in [5.41, 5.74) is 25.0. The van der Waals surface area contributed by atoms with Gasteiger partial charge in [0.25, 0.3) is 0 Å². The van der Waals surface area contributed by atoms with Gasteiger partial charge in [0.1, 0.15) is 11.2 Å². The molecule has 354 valence electrons. The highest BCUT2D eigenvalue weighted by molar-refractivity contribution is 6.13. The highest BCUT2D eigenvalue weighted by Crippen LogP contribution is 2.62. The summed E-state index contributed by atoms with van der Waals surface area (Å²) in [6.07, 6.45) is 0. The number of hydrogen-bond acceptors (Lipinski definition) is 2. The largest absolute Gasteiger partial charge is 0.455 e. The van der Waals surface area contributed by atoms with Crippen LogP contribution in [0.25, 0.3) is 105 Å². The van der Waals surface area contributed by atoms with Crippen LogP contribution in [0.4, 0.5) is 17.1 Å². The molecule has 16 rings (SSSR count). The fraction of sp³-hybridized carbons (Fsp3) is 0.0137. The molecule has 1 unspecified atom stereocenters. The van der Waals surface area contributed by atoms with Crippen LogP contribution in [-0.4, -0.2) is 4.57 Å². The molecule has 0 N–H and O–H groups in total. The van der Waals surface area contributed by atoms with Crippen molar-refractivity contribution in [2.75, 3.05) is 4.90 Å². The van der Waals surface area contributed by atoms with Crippen LogP contribution in [0.3, 0.4) is 0 Å². The number of anilines is 3. The summed E-state index contributed by atoms with van der Waals surface area (Å²) >= 11 is 0. The van der Waals surface area contributed by atoms with Gasteiger partial charge in [0.2, 0.25) is 0 Å². The van der Waals surface area contributed by atoms with Gasteiger partial charge in [0.05, 0.1) is 33.5 Å². The first-order valence-electron chi connectivity index (χ1n) is 26.2. The van der Waals surface area contributed by atoms with Crippen LogP contribution in [0.5, 0.6) is 0 Å².